The summed E-state index contributed by atoms with van der Waals surface area (Å²) >= 11 is 0. The fourth-order valence-electron chi connectivity index (χ4n) is 2.47. The molecule has 1 saturated carbocycles. The number of rotatable bonds is 4. The number of hydrogen-bond donors (Lipinski definition) is 2. The molecule has 3 heteroatoms. The monoisotopic (exact) mass is 246 g/mol. The highest BCUT2D eigenvalue weighted by atomic mass is 16.1. The van der Waals surface area contributed by atoms with E-state index in [4.69, 9.17) is 5.73 Å². The molecule has 0 aliphatic heterocycles. The van der Waals surface area contributed by atoms with Crippen molar-refractivity contribution in [1.29, 1.82) is 0 Å². The highest BCUT2D eigenvalue weighted by molar-refractivity contribution is 5.79. The van der Waals surface area contributed by atoms with Gasteiger partial charge in [0.1, 0.15) is 0 Å². The summed E-state index contributed by atoms with van der Waals surface area (Å²) in [6.07, 6.45) is 2.58. The van der Waals surface area contributed by atoms with Crippen LogP contribution in [0, 0.1) is 19.8 Å². The zero-order valence-corrected chi connectivity index (χ0v) is 11.2. The lowest BCUT2D eigenvalue weighted by atomic mass is 9.80. The molecule has 98 valence electrons. The highest BCUT2D eigenvalue weighted by Crippen LogP contribution is 2.25. The van der Waals surface area contributed by atoms with Crippen molar-refractivity contribution in [2.45, 2.75) is 39.2 Å². The molecule has 0 unspecified atom stereocenters. The minimum Gasteiger partial charge on any atom is -0.356 e. The van der Waals surface area contributed by atoms with Gasteiger partial charge in [-0.1, -0.05) is 23.8 Å². The Morgan fingerprint density at radius 3 is 2.72 bits per heavy atom. The molecule has 0 radical (unpaired) electrons. The number of nitrogens with two attached hydrogens (primary N) is 1. The molecule has 1 aliphatic rings. The molecule has 3 nitrogen and oxygen atoms in total. The maximum atomic E-state index is 11.7. The summed E-state index contributed by atoms with van der Waals surface area (Å²) in [5, 5.41) is 3.00. The molecular formula is C15H22N2O. The Hall–Kier alpha value is -1.35. The summed E-state index contributed by atoms with van der Waals surface area (Å²) < 4.78 is 0. The fraction of sp³-hybridized carbons (Fsp3) is 0.533. The zero-order chi connectivity index (χ0) is 13.1. The standard InChI is InChI=1S/C15H22N2O/c1-10-3-4-12(11(2)7-10)5-6-17-15(18)13-8-14(16)9-13/h3-4,7,13-14H,5-6,8-9,16H2,1-2H3,(H,17,18). The van der Waals surface area contributed by atoms with Crippen LogP contribution >= 0.6 is 0 Å². The van der Waals surface area contributed by atoms with Crippen molar-refractivity contribution in [3.8, 4) is 0 Å². The fourth-order valence-corrected chi connectivity index (χ4v) is 2.47. The van der Waals surface area contributed by atoms with Gasteiger partial charge in [-0.3, -0.25) is 4.79 Å². The van der Waals surface area contributed by atoms with E-state index in [1.807, 2.05) is 0 Å². The van der Waals surface area contributed by atoms with Crippen LogP contribution in [-0.2, 0) is 11.2 Å². The summed E-state index contributed by atoms with van der Waals surface area (Å²) in [5.74, 6) is 0.320. The van der Waals surface area contributed by atoms with Gasteiger partial charge in [0, 0.05) is 18.5 Å². The van der Waals surface area contributed by atoms with Gasteiger partial charge in [-0.15, -0.1) is 0 Å². The number of nitrogens with one attached hydrogen (secondary N) is 1. The minimum absolute atomic E-state index is 0.152. The first-order chi connectivity index (χ1) is 8.56. The van der Waals surface area contributed by atoms with Gasteiger partial charge in [-0.05, 0) is 44.2 Å². The van der Waals surface area contributed by atoms with Crippen LogP contribution in [0.3, 0.4) is 0 Å². The van der Waals surface area contributed by atoms with Crippen molar-refractivity contribution in [1.82, 2.24) is 5.32 Å². The Morgan fingerprint density at radius 1 is 1.39 bits per heavy atom. The molecule has 1 aromatic rings. The SMILES string of the molecule is Cc1ccc(CCNC(=O)C2CC(N)C2)c(C)c1. The molecule has 0 aromatic heterocycles. The van der Waals surface area contributed by atoms with Crippen LogP contribution in [0.5, 0.6) is 0 Å². The highest BCUT2D eigenvalue weighted by Gasteiger charge is 2.31. The van der Waals surface area contributed by atoms with Crippen molar-refractivity contribution < 1.29 is 4.79 Å². The van der Waals surface area contributed by atoms with Crippen molar-refractivity contribution in [3.63, 3.8) is 0 Å². The molecule has 1 aliphatic carbocycles. The maximum Gasteiger partial charge on any atom is 0.223 e. The average molecular weight is 246 g/mol. The molecule has 1 fully saturated rings. The Morgan fingerprint density at radius 2 is 2.11 bits per heavy atom. The van der Waals surface area contributed by atoms with E-state index in [-0.39, 0.29) is 17.9 Å². The number of amides is 1. The molecule has 3 N–H and O–H groups in total. The van der Waals surface area contributed by atoms with Crippen molar-refractivity contribution in [2.75, 3.05) is 6.54 Å². The van der Waals surface area contributed by atoms with Crippen LogP contribution in [0.25, 0.3) is 0 Å². The van der Waals surface area contributed by atoms with E-state index in [1.165, 1.54) is 16.7 Å². The van der Waals surface area contributed by atoms with E-state index in [9.17, 15) is 4.79 Å². The second-order valence-corrected chi connectivity index (χ2v) is 5.40. The Balaban J connectivity index is 1.76. The lowest BCUT2D eigenvalue weighted by Gasteiger charge is -2.31. The van der Waals surface area contributed by atoms with Crippen LogP contribution in [0.4, 0.5) is 0 Å². The Kier molecular flexibility index (Phi) is 4.02. The predicted molar refractivity (Wildman–Crippen MR) is 73.3 cm³/mol. The average Bonchev–Trinajstić information content (AvgIpc) is 2.27. The van der Waals surface area contributed by atoms with E-state index in [0.29, 0.717) is 6.54 Å². The van der Waals surface area contributed by atoms with Crippen molar-refractivity contribution in [2.24, 2.45) is 11.7 Å². The molecule has 2 rings (SSSR count). The Bertz CT molecular complexity index is 436. The third-order valence-corrected chi connectivity index (χ3v) is 3.74. The van der Waals surface area contributed by atoms with E-state index >= 15 is 0 Å². The smallest absolute Gasteiger partial charge is 0.223 e. The molecule has 0 spiro atoms. The lowest BCUT2D eigenvalue weighted by Crippen LogP contribution is -2.45. The van der Waals surface area contributed by atoms with Gasteiger partial charge in [0.05, 0.1) is 0 Å². The number of hydrogen-bond acceptors (Lipinski definition) is 2. The van der Waals surface area contributed by atoms with Gasteiger partial charge < -0.3 is 11.1 Å². The van der Waals surface area contributed by atoms with E-state index < -0.39 is 0 Å². The third-order valence-electron chi connectivity index (χ3n) is 3.74. The molecule has 1 amide bonds. The maximum absolute atomic E-state index is 11.7. The summed E-state index contributed by atoms with van der Waals surface area (Å²) in [4.78, 5) is 11.7. The number of carbonyl (C=O) groups excluding carboxylic acids is 1. The quantitative estimate of drug-likeness (QED) is 0.849. The van der Waals surface area contributed by atoms with Crippen molar-refractivity contribution >= 4 is 5.91 Å². The van der Waals surface area contributed by atoms with Gasteiger partial charge in [-0.25, -0.2) is 0 Å². The summed E-state index contributed by atoms with van der Waals surface area (Å²) in [7, 11) is 0. The Labute approximate surface area is 109 Å². The van der Waals surface area contributed by atoms with Crippen LogP contribution in [0.1, 0.15) is 29.5 Å². The number of aryl methyl sites for hydroxylation is 2. The molecular weight excluding hydrogens is 224 g/mol. The van der Waals surface area contributed by atoms with E-state index in [0.717, 1.165) is 19.3 Å². The first kappa shape index (κ1) is 13.1. The normalized spacial score (nSPS) is 22.4. The minimum atomic E-state index is 0.152. The first-order valence-corrected chi connectivity index (χ1v) is 6.65. The number of benzene rings is 1. The molecule has 0 heterocycles. The van der Waals surface area contributed by atoms with Gasteiger partial charge in [0.2, 0.25) is 5.91 Å². The molecule has 0 atom stereocenters. The molecule has 0 bridgehead atoms. The summed E-state index contributed by atoms with van der Waals surface area (Å²) in [6, 6.07) is 6.69. The van der Waals surface area contributed by atoms with Gasteiger partial charge >= 0.3 is 0 Å². The van der Waals surface area contributed by atoms with Crippen LogP contribution < -0.4 is 11.1 Å². The van der Waals surface area contributed by atoms with E-state index in [2.05, 4.69) is 37.4 Å². The van der Waals surface area contributed by atoms with Crippen LogP contribution in [0.2, 0.25) is 0 Å². The lowest BCUT2D eigenvalue weighted by molar-refractivity contribution is -0.127. The summed E-state index contributed by atoms with van der Waals surface area (Å²) in [6.45, 7) is 4.93. The van der Waals surface area contributed by atoms with Crippen molar-refractivity contribution in [3.05, 3.63) is 34.9 Å². The second-order valence-electron chi connectivity index (χ2n) is 5.40. The second kappa shape index (κ2) is 5.53. The van der Waals surface area contributed by atoms with E-state index in [1.54, 1.807) is 0 Å². The molecule has 1 aromatic carbocycles. The molecule has 0 saturated heterocycles. The van der Waals surface area contributed by atoms with Gasteiger partial charge in [0.15, 0.2) is 0 Å². The zero-order valence-electron chi connectivity index (χ0n) is 11.2. The van der Waals surface area contributed by atoms with Crippen LogP contribution in [0.15, 0.2) is 18.2 Å². The predicted octanol–water partition coefficient (Wildman–Crippen LogP) is 1.70. The van der Waals surface area contributed by atoms with Crippen LogP contribution in [-0.4, -0.2) is 18.5 Å². The largest absolute Gasteiger partial charge is 0.356 e. The number of carbonyl (C=O) groups is 1. The molecule has 18 heavy (non-hydrogen) atoms. The first-order valence-electron chi connectivity index (χ1n) is 6.65. The summed E-state index contributed by atoms with van der Waals surface area (Å²) in [5.41, 5.74) is 9.57. The van der Waals surface area contributed by atoms with Gasteiger partial charge in [-0.2, -0.15) is 0 Å². The third kappa shape index (κ3) is 3.10. The topological polar surface area (TPSA) is 55.1 Å². The van der Waals surface area contributed by atoms with Gasteiger partial charge in [0.25, 0.3) is 0 Å².